The van der Waals surface area contributed by atoms with Crippen molar-refractivity contribution >= 4 is 22.6 Å². The van der Waals surface area contributed by atoms with E-state index in [4.69, 9.17) is 9.97 Å². The van der Waals surface area contributed by atoms with Crippen molar-refractivity contribution < 1.29 is 4.79 Å². The minimum absolute atomic E-state index is 0.255. The van der Waals surface area contributed by atoms with Crippen LogP contribution in [0.25, 0.3) is 22.3 Å². The molecule has 5 nitrogen and oxygen atoms in total. The van der Waals surface area contributed by atoms with Gasteiger partial charge in [0.2, 0.25) is 5.91 Å². The molecule has 2 aromatic carbocycles. The number of carbonyl (C=O) groups is 1. The van der Waals surface area contributed by atoms with E-state index in [1.165, 1.54) is 0 Å². The fourth-order valence-corrected chi connectivity index (χ4v) is 3.97. The number of benzene rings is 2. The normalized spacial score (nSPS) is 13.8. The van der Waals surface area contributed by atoms with Crippen LogP contribution in [0.15, 0.2) is 54.6 Å². The maximum atomic E-state index is 12.6. The number of fused-ring (bicyclic) bond motifs is 1. The van der Waals surface area contributed by atoms with Gasteiger partial charge in [0.1, 0.15) is 5.82 Å². The molecule has 1 fully saturated rings. The smallest absolute Gasteiger partial charge is 0.224 e. The van der Waals surface area contributed by atoms with Crippen molar-refractivity contribution in [3.63, 3.8) is 0 Å². The molecule has 1 aromatic heterocycles. The van der Waals surface area contributed by atoms with Gasteiger partial charge in [-0.1, -0.05) is 49.4 Å². The molecule has 0 aliphatic carbocycles. The summed E-state index contributed by atoms with van der Waals surface area (Å²) >= 11 is 0. The van der Waals surface area contributed by atoms with Crippen LogP contribution in [0, 0.1) is 0 Å². The van der Waals surface area contributed by atoms with Crippen LogP contribution in [0.3, 0.4) is 0 Å². The number of aromatic nitrogens is 2. The molecule has 0 atom stereocenters. The summed E-state index contributed by atoms with van der Waals surface area (Å²) in [4.78, 5) is 26.6. The molecule has 0 unspecified atom stereocenters. The van der Waals surface area contributed by atoms with Crippen LogP contribution in [0.1, 0.15) is 32.6 Å². The highest BCUT2D eigenvalue weighted by Crippen LogP contribution is 2.28. The second-order valence-electron chi connectivity index (χ2n) is 7.58. The van der Waals surface area contributed by atoms with E-state index in [9.17, 15) is 4.79 Å². The zero-order valence-corrected chi connectivity index (χ0v) is 17.1. The Balaban J connectivity index is 1.67. The van der Waals surface area contributed by atoms with Gasteiger partial charge in [0.15, 0.2) is 5.82 Å². The van der Waals surface area contributed by atoms with Gasteiger partial charge >= 0.3 is 0 Å². The molecule has 4 rings (SSSR count). The summed E-state index contributed by atoms with van der Waals surface area (Å²) in [6.07, 6.45) is 3.78. The van der Waals surface area contributed by atoms with Crippen LogP contribution in [0.5, 0.6) is 0 Å². The lowest BCUT2D eigenvalue weighted by Gasteiger charge is -2.26. The molecule has 1 aliphatic heterocycles. The Bertz CT molecular complexity index is 967. The summed E-state index contributed by atoms with van der Waals surface area (Å²) in [6, 6.07) is 18.2. The number of hydrogen-bond acceptors (Lipinski definition) is 4. The molecular formula is C24H28N4O. The van der Waals surface area contributed by atoms with Crippen LogP contribution in [-0.2, 0) is 4.79 Å². The number of hydrogen-bond donors (Lipinski definition) is 0. The Hall–Kier alpha value is -2.95. The number of carbonyl (C=O) groups excluding carboxylic acids is 1. The topological polar surface area (TPSA) is 49.3 Å². The van der Waals surface area contributed by atoms with Crippen LogP contribution < -0.4 is 4.90 Å². The molecule has 1 saturated heterocycles. The minimum atomic E-state index is 0.255. The summed E-state index contributed by atoms with van der Waals surface area (Å²) in [5.74, 6) is 1.90. The van der Waals surface area contributed by atoms with Gasteiger partial charge in [-0.25, -0.2) is 9.97 Å². The summed E-state index contributed by atoms with van der Waals surface area (Å²) in [7, 11) is 0. The summed E-state index contributed by atoms with van der Waals surface area (Å²) in [5.41, 5.74) is 1.94. The molecule has 0 saturated carbocycles. The maximum Gasteiger partial charge on any atom is 0.224 e. The van der Waals surface area contributed by atoms with E-state index in [-0.39, 0.29) is 5.91 Å². The van der Waals surface area contributed by atoms with Crippen LogP contribution in [-0.4, -0.2) is 47.0 Å². The van der Waals surface area contributed by atoms with Crippen LogP contribution in [0.4, 0.5) is 5.82 Å². The standard InChI is InChI=1S/C24H28N4O/c1-2-15-28(18-14-22(29)27-16-8-9-17-27)24-20-12-6-7-13-21(20)25-23(26-24)19-10-4-3-5-11-19/h3-7,10-13H,2,8-9,14-18H2,1H3. The van der Waals surface area contributed by atoms with E-state index in [1.807, 2.05) is 53.4 Å². The average molecular weight is 389 g/mol. The molecule has 3 aromatic rings. The highest BCUT2D eigenvalue weighted by Gasteiger charge is 2.20. The third-order valence-corrected chi connectivity index (χ3v) is 5.46. The first-order valence-corrected chi connectivity index (χ1v) is 10.6. The Morgan fingerprint density at radius 2 is 1.69 bits per heavy atom. The number of nitrogens with zero attached hydrogens (tertiary/aromatic N) is 4. The zero-order valence-electron chi connectivity index (χ0n) is 17.1. The van der Waals surface area contributed by atoms with E-state index < -0.39 is 0 Å². The Kier molecular flexibility index (Phi) is 6.03. The van der Waals surface area contributed by atoms with Gasteiger partial charge in [-0.3, -0.25) is 4.79 Å². The van der Waals surface area contributed by atoms with E-state index in [0.717, 1.165) is 67.0 Å². The second-order valence-corrected chi connectivity index (χ2v) is 7.58. The van der Waals surface area contributed by atoms with Crippen molar-refractivity contribution in [3.8, 4) is 11.4 Å². The summed E-state index contributed by atoms with van der Waals surface area (Å²) in [6.45, 7) is 5.51. The van der Waals surface area contributed by atoms with Crippen molar-refractivity contribution in [3.05, 3.63) is 54.6 Å². The minimum Gasteiger partial charge on any atom is -0.355 e. The molecule has 1 amide bonds. The molecule has 0 spiro atoms. The highest BCUT2D eigenvalue weighted by atomic mass is 16.2. The van der Waals surface area contributed by atoms with Crippen molar-refractivity contribution in [2.75, 3.05) is 31.1 Å². The van der Waals surface area contributed by atoms with E-state index in [0.29, 0.717) is 13.0 Å². The fraction of sp³-hybridized carbons (Fsp3) is 0.375. The van der Waals surface area contributed by atoms with E-state index >= 15 is 0 Å². The number of para-hydroxylation sites is 1. The Labute approximate surface area is 172 Å². The van der Waals surface area contributed by atoms with Gasteiger partial charge in [0.25, 0.3) is 0 Å². The monoisotopic (exact) mass is 388 g/mol. The maximum absolute atomic E-state index is 12.6. The van der Waals surface area contributed by atoms with Gasteiger partial charge in [-0.05, 0) is 31.4 Å². The number of rotatable bonds is 7. The van der Waals surface area contributed by atoms with Gasteiger partial charge in [0, 0.05) is 43.5 Å². The first-order valence-electron chi connectivity index (χ1n) is 10.6. The lowest BCUT2D eigenvalue weighted by molar-refractivity contribution is -0.129. The van der Waals surface area contributed by atoms with Gasteiger partial charge in [-0.15, -0.1) is 0 Å². The molecule has 0 N–H and O–H groups in total. The predicted octanol–water partition coefficient (Wildman–Crippen LogP) is 4.53. The molecule has 1 aliphatic rings. The molecule has 0 bridgehead atoms. The molecule has 29 heavy (non-hydrogen) atoms. The Morgan fingerprint density at radius 1 is 0.966 bits per heavy atom. The quantitative estimate of drug-likeness (QED) is 0.597. The van der Waals surface area contributed by atoms with E-state index in [1.54, 1.807) is 0 Å². The Morgan fingerprint density at radius 3 is 2.45 bits per heavy atom. The van der Waals surface area contributed by atoms with Crippen molar-refractivity contribution in [2.24, 2.45) is 0 Å². The predicted molar refractivity (Wildman–Crippen MR) is 118 cm³/mol. The molecule has 150 valence electrons. The summed E-state index contributed by atoms with van der Waals surface area (Å²) < 4.78 is 0. The molecule has 5 heteroatoms. The second kappa shape index (κ2) is 9.03. The first-order chi connectivity index (χ1) is 14.3. The third kappa shape index (κ3) is 4.39. The summed E-state index contributed by atoms with van der Waals surface area (Å²) in [5, 5.41) is 1.04. The van der Waals surface area contributed by atoms with Crippen LogP contribution >= 0.6 is 0 Å². The van der Waals surface area contributed by atoms with E-state index in [2.05, 4.69) is 17.9 Å². The number of likely N-dealkylation sites (tertiary alicyclic amines) is 1. The highest BCUT2D eigenvalue weighted by molar-refractivity contribution is 5.91. The number of anilines is 1. The van der Waals surface area contributed by atoms with Crippen molar-refractivity contribution in [1.29, 1.82) is 0 Å². The lowest BCUT2D eigenvalue weighted by Crippen LogP contribution is -2.33. The lowest BCUT2D eigenvalue weighted by atomic mass is 10.1. The van der Waals surface area contributed by atoms with Crippen LogP contribution in [0.2, 0.25) is 0 Å². The van der Waals surface area contributed by atoms with Gasteiger partial charge in [0.05, 0.1) is 5.52 Å². The van der Waals surface area contributed by atoms with Crippen molar-refractivity contribution in [1.82, 2.24) is 14.9 Å². The van der Waals surface area contributed by atoms with Gasteiger partial charge in [-0.2, -0.15) is 0 Å². The largest absolute Gasteiger partial charge is 0.355 e. The molecular weight excluding hydrogens is 360 g/mol. The number of amides is 1. The molecule has 0 radical (unpaired) electrons. The average Bonchev–Trinajstić information content (AvgIpc) is 3.31. The molecule has 2 heterocycles. The first kappa shape index (κ1) is 19.4. The fourth-order valence-electron chi connectivity index (χ4n) is 3.97. The van der Waals surface area contributed by atoms with Crippen molar-refractivity contribution in [2.45, 2.75) is 32.6 Å². The third-order valence-electron chi connectivity index (χ3n) is 5.46. The SMILES string of the molecule is CCCN(CCC(=O)N1CCCC1)c1nc(-c2ccccc2)nc2ccccc12. The van der Waals surface area contributed by atoms with Gasteiger partial charge < -0.3 is 9.80 Å². The zero-order chi connectivity index (χ0) is 20.1.